The molecule has 0 aliphatic rings. The van der Waals surface area contributed by atoms with Crippen LogP contribution in [0.4, 0.5) is 5.69 Å². The average molecular weight is 536 g/mol. The normalized spacial score (nSPS) is 13.1. The Morgan fingerprint density at radius 2 is 1.69 bits per heavy atom. The van der Waals surface area contributed by atoms with Crippen LogP contribution in [-0.4, -0.2) is 50.0 Å². The molecule has 0 aliphatic heterocycles. The van der Waals surface area contributed by atoms with Crippen LogP contribution in [0.5, 0.6) is 0 Å². The molecule has 0 saturated heterocycles. The zero-order valence-corrected chi connectivity index (χ0v) is 23.6. The molecule has 1 N–H and O–H groups in total. The second-order valence-electron chi connectivity index (χ2n) is 9.32. The Hall–Kier alpha value is -2.58. The second-order valence-corrected chi connectivity index (χ2v) is 11.6. The zero-order chi connectivity index (χ0) is 27.0. The Bertz CT molecular complexity index is 1150. The van der Waals surface area contributed by atoms with Gasteiger partial charge >= 0.3 is 0 Å². The maximum Gasteiger partial charge on any atom is 0.242 e. The maximum atomic E-state index is 13.4. The molecular formula is C27H38ClN3O4S. The number of carbonyl (C=O) groups excluding carboxylic acids is 2. The minimum absolute atomic E-state index is 0.000493. The van der Waals surface area contributed by atoms with E-state index in [1.807, 2.05) is 45.0 Å². The molecule has 2 aromatic rings. The van der Waals surface area contributed by atoms with Crippen LogP contribution in [0.3, 0.4) is 0 Å². The SMILES string of the molecule is CC[C@H](C)NC(=O)[C@@H](C)N(Cc1ccc(C)cc1)C(=O)CCCN(c1cccc(Cl)c1C)S(C)(=O)=O. The first kappa shape index (κ1) is 29.6. The first-order valence-electron chi connectivity index (χ1n) is 12.2. The van der Waals surface area contributed by atoms with Crippen molar-refractivity contribution >= 4 is 39.1 Å². The quantitative estimate of drug-likeness (QED) is 0.421. The third-order valence-corrected chi connectivity index (χ3v) is 7.89. The third-order valence-electron chi connectivity index (χ3n) is 6.30. The highest BCUT2D eigenvalue weighted by atomic mass is 35.5. The van der Waals surface area contributed by atoms with Gasteiger partial charge in [0.15, 0.2) is 0 Å². The fraction of sp³-hybridized carbons (Fsp3) is 0.481. The summed E-state index contributed by atoms with van der Waals surface area (Å²) in [6.07, 6.45) is 2.31. The van der Waals surface area contributed by atoms with E-state index in [2.05, 4.69) is 5.32 Å². The molecule has 0 radical (unpaired) electrons. The molecule has 0 saturated carbocycles. The number of halogens is 1. The van der Waals surface area contributed by atoms with Crippen molar-refractivity contribution in [2.45, 2.75) is 72.5 Å². The first-order valence-corrected chi connectivity index (χ1v) is 14.5. The van der Waals surface area contributed by atoms with Crippen LogP contribution in [0.15, 0.2) is 42.5 Å². The predicted octanol–water partition coefficient (Wildman–Crippen LogP) is 4.84. The maximum absolute atomic E-state index is 13.4. The summed E-state index contributed by atoms with van der Waals surface area (Å²) < 4.78 is 26.4. The topological polar surface area (TPSA) is 86.8 Å². The highest BCUT2D eigenvalue weighted by molar-refractivity contribution is 7.92. The lowest BCUT2D eigenvalue weighted by Crippen LogP contribution is -2.49. The lowest BCUT2D eigenvalue weighted by Gasteiger charge is -2.30. The number of rotatable bonds is 12. The monoisotopic (exact) mass is 535 g/mol. The van der Waals surface area contributed by atoms with Gasteiger partial charge in [0.25, 0.3) is 0 Å². The molecule has 0 aromatic heterocycles. The van der Waals surface area contributed by atoms with Crippen LogP contribution in [0, 0.1) is 13.8 Å². The number of nitrogens with zero attached hydrogens (tertiary/aromatic N) is 2. The smallest absolute Gasteiger partial charge is 0.242 e. The largest absolute Gasteiger partial charge is 0.352 e. The number of carbonyl (C=O) groups is 2. The van der Waals surface area contributed by atoms with Gasteiger partial charge in [0.1, 0.15) is 6.04 Å². The molecule has 2 rings (SSSR count). The van der Waals surface area contributed by atoms with Crippen molar-refractivity contribution in [3.8, 4) is 0 Å². The van der Waals surface area contributed by atoms with E-state index in [4.69, 9.17) is 11.6 Å². The summed E-state index contributed by atoms with van der Waals surface area (Å²) in [7, 11) is -3.59. The predicted molar refractivity (Wildman–Crippen MR) is 147 cm³/mol. The van der Waals surface area contributed by atoms with Gasteiger partial charge in [0.2, 0.25) is 21.8 Å². The van der Waals surface area contributed by atoms with Gasteiger partial charge in [-0.25, -0.2) is 8.42 Å². The number of hydrogen-bond acceptors (Lipinski definition) is 4. The fourth-order valence-electron chi connectivity index (χ4n) is 3.79. The summed E-state index contributed by atoms with van der Waals surface area (Å²) in [5.41, 5.74) is 3.18. The highest BCUT2D eigenvalue weighted by Crippen LogP contribution is 2.28. The van der Waals surface area contributed by atoms with Crippen LogP contribution in [-0.2, 0) is 26.2 Å². The van der Waals surface area contributed by atoms with Gasteiger partial charge in [-0.15, -0.1) is 0 Å². The van der Waals surface area contributed by atoms with Crippen molar-refractivity contribution < 1.29 is 18.0 Å². The average Bonchev–Trinajstić information content (AvgIpc) is 2.82. The molecule has 198 valence electrons. The number of benzene rings is 2. The molecule has 0 aliphatic carbocycles. The summed E-state index contributed by atoms with van der Waals surface area (Å²) >= 11 is 6.21. The molecule has 0 heterocycles. The van der Waals surface area contributed by atoms with E-state index in [-0.39, 0.29) is 37.4 Å². The number of nitrogens with one attached hydrogen (secondary N) is 1. The van der Waals surface area contributed by atoms with Crippen molar-refractivity contribution in [1.82, 2.24) is 10.2 Å². The lowest BCUT2D eigenvalue weighted by molar-refractivity contribution is -0.140. The summed E-state index contributed by atoms with van der Waals surface area (Å²) in [5.74, 6) is -0.421. The molecule has 0 fully saturated rings. The number of hydrogen-bond donors (Lipinski definition) is 1. The van der Waals surface area contributed by atoms with E-state index in [0.29, 0.717) is 22.7 Å². The van der Waals surface area contributed by atoms with Crippen molar-refractivity contribution in [1.29, 1.82) is 0 Å². The Morgan fingerprint density at radius 3 is 2.28 bits per heavy atom. The molecular weight excluding hydrogens is 498 g/mol. The van der Waals surface area contributed by atoms with E-state index in [1.165, 1.54) is 4.31 Å². The Kier molecular flexibility index (Phi) is 10.8. The van der Waals surface area contributed by atoms with Gasteiger partial charge in [-0.1, -0.05) is 54.4 Å². The Morgan fingerprint density at radius 1 is 1.06 bits per heavy atom. The molecule has 0 spiro atoms. The van der Waals surface area contributed by atoms with Crippen LogP contribution in [0.1, 0.15) is 56.7 Å². The number of aryl methyl sites for hydroxylation is 1. The minimum Gasteiger partial charge on any atom is -0.352 e. The molecule has 2 aromatic carbocycles. The molecule has 7 nitrogen and oxygen atoms in total. The summed E-state index contributed by atoms with van der Waals surface area (Å²) in [5, 5.41) is 3.43. The number of sulfonamides is 1. The molecule has 2 amide bonds. The zero-order valence-electron chi connectivity index (χ0n) is 22.0. The van der Waals surface area contributed by atoms with Gasteiger partial charge in [-0.05, 0) is 63.8 Å². The molecule has 2 atom stereocenters. The van der Waals surface area contributed by atoms with Crippen LogP contribution in [0.2, 0.25) is 5.02 Å². The highest BCUT2D eigenvalue weighted by Gasteiger charge is 2.27. The Labute approximate surface area is 220 Å². The van der Waals surface area contributed by atoms with E-state index in [9.17, 15) is 18.0 Å². The lowest BCUT2D eigenvalue weighted by atomic mass is 10.1. The van der Waals surface area contributed by atoms with Crippen LogP contribution < -0.4 is 9.62 Å². The van der Waals surface area contributed by atoms with Crippen LogP contribution in [0.25, 0.3) is 0 Å². The minimum atomic E-state index is -3.59. The van der Waals surface area contributed by atoms with Gasteiger partial charge < -0.3 is 10.2 Å². The van der Waals surface area contributed by atoms with E-state index < -0.39 is 16.1 Å². The van der Waals surface area contributed by atoms with Gasteiger partial charge in [-0.3, -0.25) is 13.9 Å². The standard InChI is InChI=1S/C27H38ClN3O4S/c1-7-20(3)29-27(33)22(5)30(18-23-15-13-19(2)14-16-23)26(32)12-9-17-31(36(6,34)35)25-11-8-10-24(28)21(25)4/h8,10-11,13-16,20,22H,7,9,12,17-18H2,1-6H3,(H,29,33)/t20-,22+/m0/s1. The van der Waals surface area contributed by atoms with Gasteiger partial charge in [0.05, 0.1) is 11.9 Å². The molecule has 0 bridgehead atoms. The fourth-order valence-corrected chi connectivity index (χ4v) is 4.97. The summed E-state index contributed by atoms with van der Waals surface area (Å²) in [6, 6.07) is 12.3. The van der Waals surface area contributed by atoms with Crippen molar-refractivity contribution in [2.75, 3.05) is 17.1 Å². The second kappa shape index (κ2) is 13.1. The number of amides is 2. The van der Waals surface area contributed by atoms with Crippen molar-refractivity contribution in [2.24, 2.45) is 0 Å². The van der Waals surface area contributed by atoms with Gasteiger partial charge in [-0.2, -0.15) is 0 Å². The molecule has 36 heavy (non-hydrogen) atoms. The summed E-state index contributed by atoms with van der Waals surface area (Å²) in [6.45, 7) is 9.80. The Balaban J connectivity index is 2.20. The van der Waals surface area contributed by atoms with E-state index >= 15 is 0 Å². The van der Waals surface area contributed by atoms with E-state index in [0.717, 1.165) is 23.8 Å². The molecule has 9 heteroatoms. The van der Waals surface area contributed by atoms with Crippen molar-refractivity contribution in [3.63, 3.8) is 0 Å². The van der Waals surface area contributed by atoms with Gasteiger partial charge in [0, 0.05) is 30.6 Å². The third kappa shape index (κ3) is 8.23. The van der Waals surface area contributed by atoms with Crippen LogP contribution >= 0.6 is 11.6 Å². The van der Waals surface area contributed by atoms with Crippen molar-refractivity contribution in [3.05, 3.63) is 64.2 Å². The molecule has 0 unspecified atom stereocenters. The van der Waals surface area contributed by atoms with E-state index in [1.54, 1.807) is 36.9 Å². The first-order chi connectivity index (χ1) is 16.8. The number of anilines is 1. The summed E-state index contributed by atoms with van der Waals surface area (Å²) in [4.78, 5) is 27.8.